The molecule has 9 heteroatoms. The predicted molar refractivity (Wildman–Crippen MR) is 79.2 cm³/mol. The molecule has 0 bridgehead atoms. The molecule has 1 aromatic carbocycles. The maximum atomic E-state index is 12.3. The van der Waals surface area contributed by atoms with E-state index in [1.165, 1.54) is 25.3 Å². The molecule has 3 N–H and O–H groups in total. The number of primary sulfonamides is 1. The Morgan fingerprint density at radius 3 is 2.33 bits per heavy atom. The number of anilines is 1. The molecular weight excluding hydrogens is 316 g/mol. The molecule has 1 aromatic rings. The third kappa shape index (κ3) is 3.66. The zero-order valence-corrected chi connectivity index (χ0v) is 13.2. The smallest absolute Gasteiger partial charge is 0.238 e. The van der Waals surface area contributed by atoms with E-state index in [0.29, 0.717) is 12.8 Å². The van der Waals surface area contributed by atoms with E-state index < -0.39 is 25.3 Å². The fourth-order valence-electron chi connectivity index (χ4n) is 2.38. The van der Waals surface area contributed by atoms with Crippen LogP contribution in [0.1, 0.15) is 25.7 Å². The first-order valence-corrected chi connectivity index (χ1v) is 9.56. The molecular formula is C12H18N2O5S2. The van der Waals surface area contributed by atoms with Gasteiger partial charge in [-0.1, -0.05) is 12.8 Å². The van der Waals surface area contributed by atoms with Gasteiger partial charge in [0.05, 0.1) is 22.9 Å². The van der Waals surface area contributed by atoms with Crippen LogP contribution in [0, 0.1) is 0 Å². The van der Waals surface area contributed by atoms with Crippen molar-refractivity contribution >= 4 is 25.7 Å². The lowest BCUT2D eigenvalue weighted by atomic mass is 10.3. The number of ether oxygens (including phenoxy) is 1. The van der Waals surface area contributed by atoms with Gasteiger partial charge in [-0.2, -0.15) is 0 Å². The summed E-state index contributed by atoms with van der Waals surface area (Å²) in [6.45, 7) is 0. The van der Waals surface area contributed by atoms with Crippen molar-refractivity contribution in [1.29, 1.82) is 0 Å². The summed E-state index contributed by atoms with van der Waals surface area (Å²) >= 11 is 0. The van der Waals surface area contributed by atoms with E-state index in [2.05, 4.69) is 4.72 Å². The molecule has 118 valence electrons. The van der Waals surface area contributed by atoms with Crippen LogP contribution in [-0.2, 0) is 20.0 Å². The Morgan fingerprint density at radius 2 is 1.81 bits per heavy atom. The summed E-state index contributed by atoms with van der Waals surface area (Å²) in [7, 11) is -6.11. The Hall–Kier alpha value is -1.32. The van der Waals surface area contributed by atoms with Gasteiger partial charge in [-0.05, 0) is 31.0 Å². The van der Waals surface area contributed by atoms with Gasteiger partial charge in [0.2, 0.25) is 20.0 Å². The summed E-state index contributed by atoms with van der Waals surface area (Å²) in [6.07, 6.45) is 2.96. The number of sulfonamides is 2. The molecule has 7 nitrogen and oxygen atoms in total. The number of benzene rings is 1. The highest BCUT2D eigenvalue weighted by Gasteiger charge is 2.29. The summed E-state index contributed by atoms with van der Waals surface area (Å²) in [6, 6.07) is 3.80. The lowest BCUT2D eigenvalue weighted by molar-refractivity contribution is 0.416. The zero-order valence-electron chi connectivity index (χ0n) is 11.6. The minimum absolute atomic E-state index is 0.0796. The van der Waals surface area contributed by atoms with Gasteiger partial charge in [0.1, 0.15) is 5.75 Å². The fourth-order valence-corrected chi connectivity index (χ4v) is 4.51. The van der Waals surface area contributed by atoms with Crippen molar-refractivity contribution in [2.24, 2.45) is 5.14 Å². The number of nitrogens with two attached hydrogens (primary N) is 1. The Kier molecular flexibility index (Phi) is 4.45. The first-order chi connectivity index (χ1) is 9.74. The Bertz CT molecular complexity index is 722. The van der Waals surface area contributed by atoms with Gasteiger partial charge in [0.15, 0.2) is 0 Å². The number of hydrogen-bond acceptors (Lipinski definition) is 5. The summed E-state index contributed by atoms with van der Waals surface area (Å²) in [5, 5.41) is 4.60. The van der Waals surface area contributed by atoms with Gasteiger partial charge in [-0.25, -0.2) is 22.0 Å². The molecule has 0 amide bonds. The third-order valence-corrected chi connectivity index (χ3v) is 6.26. The molecule has 1 fully saturated rings. The second-order valence-electron chi connectivity index (χ2n) is 4.96. The van der Waals surface area contributed by atoms with Gasteiger partial charge in [-0.3, -0.25) is 4.72 Å². The van der Waals surface area contributed by atoms with Crippen molar-refractivity contribution in [3.63, 3.8) is 0 Å². The highest BCUT2D eigenvalue weighted by Crippen LogP contribution is 2.31. The molecule has 1 aliphatic carbocycles. The van der Waals surface area contributed by atoms with E-state index in [9.17, 15) is 16.8 Å². The monoisotopic (exact) mass is 334 g/mol. The lowest BCUT2D eigenvalue weighted by Gasteiger charge is -2.16. The largest absolute Gasteiger partial charge is 0.495 e. The van der Waals surface area contributed by atoms with Gasteiger partial charge in [0.25, 0.3) is 0 Å². The minimum atomic E-state index is -3.92. The summed E-state index contributed by atoms with van der Waals surface area (Å²) in [5.74, 6) is 0.240. The van der Waals surface area contributed by atoms with Crippen molar-refractivity contribution in [1.82, 2.24) is 0 Å². The molecule has 1 saturated carbocycles. The van der Waals surface area contributed by atoms with Crippen LogP contribution in [0.3, 0.4) is 0 Å². The second kappa shape index (κ2) is 5.82. The normalized spacial score (nSPS) is 16.9. The molecule has 1 aliphatic rings. The minimum Gasteiger partial charge on any atom is -0.495 e. The Balaban J connectivity index is 2.38. The number of hydrogen-bond donors (Lipinski definition) is 2. The lowest BCUT2D eigenvalue weighted by Crippen LogP contribution is -2.25. The van der Waals surface area contributed by atoms with Crippen LogP contribution in [-0.4, -0.2) is 29.2 Å². The van der Waals surface area contributed by atoms with Crippen molar-refractivity contribution < 1.29 is 21.6 Å². The van der Waals surface area contributed by atoms with E-state index in [4.69, 9.17) is 9.88 Å². The number of rotatable bonds is 5. The van der Waals surface area contributed by atoms with Crippen LogP contribution in [0.15, 0.2) is 23.1 Å². The molecule has 0 heterocycles. The summed E-state index contributed by atoms with van der Waals surface area (Å²) in [5.41, 5.74) is 0.0796. The molecule has 0 aromatic heterocycles. The fraction of sp³-hybridized carbons (Fsp3) is 0.500. The molecule has 0 radical (unpaired) electrons. The summed E-state index contributed by atoms with van der Waals surface area (Å²) < 4.78 is 54.8. The van der Waals surface area contributed by atoms with Crippen molar-refractivity contribution in [3.05, 3.63) is 18.2 Å². The predicted octanol–water partition coefficient (Wildman–Crippen LogP) is 1.03. The summed E-state index contributed by atoms with van der Waals surface area (Å²) in [4.78, 5) is -0.174. The quantitative estimate of drug-likeness (QED) is 0.834. The first-order valence-electron chi connectivity index (χ1n) is 6.46. The maximum Gasteiger partial charge on any atom is 0.238 e. The number of methoxy groups -OCH3 is 1. The van der Waals surface area contributed by atoms with Crippen LogP contribution in [0.5, 0.6) is 5.75 Å². The average molecular weight is 334 g/mol. The van der Waals surface area contributed by atoms with Gasteiger partial charge < -0.3 is 4.74 Å². The van der Waals surface area contributed by atoms with Crippen LogP contribution in [0.4, 0.5) is 5.69 Å². The SMILES string of the molecule is COc1ccc(S(N)(=O)=O)cc1NS(=O)(=O)C1CCCC1. The Morgan fingerprint density at radius 1 is 1.19 bits per heavy atom. The molecule has 0 atom stereocenters. The van der Waals surface area contributed by atoms with E-state index in [1.807, 2.05) is 0 Å². The van der Waals surface area contributed by atoms with Crippen LogP contribution < -0.4 is 14.6 Å². The second-order valence-corrected chi connectivity index (χ2v) is 8.48. The molecule has 0 saturated heterocycles. The topological polar surface area (TPSA) is 116 Å². The molecule has 2 rings (SSSR count). The van der Waals surface area contributed by atoms with E-state index >= 15 is 0 Å². The first kappa shape index (κ1) is 16.1. The molecule has 0 unspecified atom stereocenters. The van der Waals surface area contributed by atoms with E-state index in [-0.39, 0.29) is 16.3 Å². The van der Waals surface area contributed by atoms with Crippen molar-refractivity contribution in [3.8, 4) is 5.75 Å². The zero-order chi connectivity index (χ0) is 15.7. The molecule has 21 heavy (non-hydrogen) atoms. The van der Waals surface area contributed by atoms with Gasteiger partial charge >= 0.3 is 0 Å². The van der Waals surface area contributed by atoms with Gasteiger partial charge in [-0.15, -0.1) is 0 Å². The maximum absolute atomic E-state index is 12.3. The number of nitrogens with one attached hydrogen (secondary N) is 1. The van der Waals surface area contributed by atoms with Crippen LogP contribution >= 0.6 is 0 Å². The van der Waals surface area contributed by atoms with Crippen LogP contribution in [0.2, 0.25) is 0 Å². The average Bonchev–Trinajstić information content (AvgIpc) is 2.91. The highest BCUT2D eigenvalue weighted by atomic mass is 32.2. The molecule has 0 aliphatic heterocycles. The molecule has 0 spiro atoms. The van der Waals surface area contributed by atoms with Crippen molar-refractivity contribution in [2.75, 3.05) is 11.8 Å². The van der Waals surface area contributed by atoms with E-state index in [0.717, 1.165) is 12.8 Å². The van der Waals surface area contributed by atoms with Crippen LogP contribution in [0.25, 0.3) is 0 Å². The third-order valence-electron chi connectivity index (χ3n) is 3.49. The van der Waals surface area contributed by atoms with Gasteiger partial charge in [0, 0.05) is 0 Å². The highest BCUT2D eigenvalue weighted by molar-refractivity contribution is 7.93. The Labute approximate surface area is 124 Å². The van der Waals surface area contributed by atoms with E-state index in [1.54, 1.807) is 0 Å². The van der Waals surface area contributed by atoms with Crippen molar-refractivity contribution in [2.45, 2.75) is 35.8 Å². The standard InChI is InChI=1S/C12H18N2O5S2/c1-19-12-7-6-10(20(13,15)16)8-11(12)14-21(17,18)9-4-2-3-5-9/h6-9,14H,2-5H2,1H3,(H2,13,15,16).